The van der Waals surface area contributed by atoms with Crippen LogP contribution in [0.1, 0.15) is 32.6 Å². The Kier molecular flexibility index (Phi) is 8.16. The number of terminal acetylenes is 1. The lowest BCUT2D eigenvalue weighted by molar-refractivity contribution is -0.144. The van der Waals surface area contributed by atoms with E-state index in [1.807, 2.05) is 0 Å². The molecule has 0 saturated heterocycles. The van der Waals surface area contributed by atoms with Gasteiger partial charge in [-0.1, -0.05) is 0 Å². The van der Waals surface area contributed by atoms with Crippen LogP contribution in [0.25, 0.3) is 0 Å². The third-order valence-electron chi connectivity index (χ3n) is 1.68. The van der Waals surface area contributed by atoms with E-state index in [1.165, 1.54) is 0 Å². The van der Waals surface area contributed by atoms with Crippen LogP contribution in [0.15, 0.2) is 0 Å². The molecule has 4 heteroatoms. The van der Waals surface area contributed by atoms with E-state index in [0.717, 1.165) is 6.42 Å². The lowest BCUT2D eigenvalue weighted by Crippen LogP contribution is -2.25. The maximum Gasteiger partial charge on any atom is 0.306 e. The van der Waals surface area contributed by atoms with Crippen LogP contribution in [0.2, 0.25) is 0 Å². The highest BCUT2D eigenvalue weighted by Crippen LogP contribution is 1.93. The molecule has 1 amide bonds. The van der Waals surface area contributed by atoms with Crippen LogP contribution < -0.4 is 5.32 Å². The Bertz CT molecular complexity index is 243. The zero-order chi connectivity index (χ0) is 11.5. The van der Waals surface area contributed by atoms with Crippen LogP contribution >= 0.6 is 0 Å². The van der Waals surface area contributed by atoms with E-state index in [2.05, 4.69) is 16.0 Å². The van der Waals surface area contributed by atoms with Gasteiger partial charge in [-0.2, -0.15) is 0 Å². The first-order chi connectivity index (χ1) is 7.20. The highest BCUT2D eigenvalue weighted by atomic mass is 16.5. The SMILES string of the molecule is C#CCCCNC(=O)CCC(=O)OCC. The van der Waals surface area contributed by atoms with Gasteiger partial charge >= 0.3 is 5.97 Å². The second kappa shape index (κ2) is 9.07. The smallest absolute Gasteiger partial charge is 0.306 e. The molecule has 0 atom stereocenters. The van der Waals surface area contributed by atoms with Gasteiger partial charge in [0.1, 0.15) is 0 Å². The number of carbonyl (C=O) groups is 2. The fraction of sp³-hybridized carbons (Fsp3) is 0.636. The number of hydrogen-bond donors (Lipinski definition) is 1. The number of unbranched alkanes of at least 4 members (excludes halogenated alkanes) is 1. The molecule has 0 fully saturated rings. The molecule has 0 aromatic heterocycles. The minimum atomic E-state index is -0.337. The Morgan fingerprint density at radius 1 is 1.40 bits per heavy atom. The summed E-state index contributed by atoms with van der Waals surface area (Å²) in [7, 11) is 0. The first-order valence-electron chi connectivity index (χ1n) is 5.06. The van der Waals surface area contributed by atoms with Crippen molar-refractivity contribution in [1.82, 2.24) is 5.32 Å². The van der Waals surface area contributed by atoms with Crippen molar-refractivity contribution < 1.29 is 14.3 Å². The molecule has 15 heavy (non-hydrogen) atoms. The standard InChI is InChI=1S/C11H17NO3/c1-3-5-6-9-12-10(13)7-8-11(14)15-4-2/h1H,4-9H2,2H3,(H,12,13). The van der Waals surface area contributed by atoms with Crippen molar-refractivity contribution in [3.63, 3.8) is 0 Å². The zero-order valence-electron chi connectivity index (χ0n) is 9.04. The number of esters is 1. The van der Waals surface area contributed by atoms with Gasteiger partial charge in [-0.05, 0) is 13.3 Å². The summed E-state index contributed by atoms with van der Waals surface area (Å²) in [5.41, 5.74) is 0. The van der Waals surface area contributed by atoms with Crippen molar-refractivity contribution in [2.24, 2.45) is 0 Å². The summed E-state index contributed by atoms with van der Waals surface area (Å²) in [4.78, 5) is 22.0. The third kappa shape index (κ3) is 8.82. The van der Waals surface area contributed by atoms with Gasteiger partial charge in [0.25, 0.3) is 0 Å². The second-order valence-corrected chi connectivity index (χ2v) is 2.96. The molecule has 0 spiro atoms. The monoisotopic (exact) mass is 211 g/mol. The molecule has 0 rings (SSSR count). The molecule has 0 bridgehead atoms. The van der Waals surface area contributed by atoms with Gasteiger partial charge in [-0.3, -0.25) is 9.59 Å². The maximum atomic E-state index is 11.1. The van der Waals surface area contributed by atoms with Crippen LogP contribution in [-0.4, -0.2) is 25.0 Å². The topological polar surface area (TPSA) is 55.4 Å². The third-order valence-corrected chi connectivity index (χ3v) is 1.68. The molecule has 0 aliphatic carbocycles. The normalized spacial score (nSPS) is 9.07. The average Bonchev–Trinajstić information content (AvgIpc) is 2.22. The number of hydrogen-bond acceptors (Lipinski definition) is 3. The van der Waals surface area contributed by atoms with E-state index in [-0.39, 0.29) is 24.7 Å². The van der Waals surface area contributed by atoms with Gasteiger partial charge in [0.05, 0.1) is 13.0 Å². The number of rotatable bonds is 7. The molecule has 0 unspecified atom stereocenters. The van der Waals surface area contributed by atoms with Gasteiger partial charge in [-0.15, -0.1) is 12.3 Å². The van der Waals surface area contributed by atoms with Gasteiger partial charge in [0, 0.05) is 19.4 Å². The maximum absolute atomic E-state index is 11.1. The largest absolute Gasteiger partial charge is 0.466 e. The van der Waals surface area contributed by atoms with Crippen LogP contribution in [-0.2, 0) is 14.3 Å². The van der Waals surface area contributed by atoms with Crippen LogP contribution in [0.5, 0.6) is 0 Å². The van der Waals surface area contributed by atoms with Crippen molar-refractivity contribution in [3.05, 3.63) is 0 Å². The van der Waals surface area contributed by atoms with Gasteiger partial charge < -0.3 is 10.1 Å². The summed E-state index contributed by atoms with van der Waals surface area (Å²) in [6, 6.07) is 0. The van der Waals surface area contributed by atoms with E-state index in [9.17, 15) is 9.59 Å². The van der Waals surface area contributed by atoms with Crippen molar-refractivity contribution in [2.45, 2.75) is 32.6 Å². The summed E-state index contributed by atoms with van der Waals surface area (Å²) in [5.74, 6) is 2.01. The van der Waals surface area contributed by atoms with Crippen LogP contribution in [0.4, 0.5) is 0 Å². The summed E-state index contributed by atoms with van der Waals surface area (Å²) >= 11 is 0. The Balaban J connectivity index is 3.41. The summed E-state index contributed by atoms with van der Waals surface area (Å²) in [6.07, 6.45) is 6.78. The van der Waals surface area contributed by atoms with Crippen molar-refractivity contribution in [2.75, 3.05) is 13.2 Å². The Hall–Kier alpha value is -1.50. The molecule has 84 valence electrons. The minimum Gasteiger partial charge on any atom is -0.466 e. The molecule has 1 N–H and O–H groups in total. The average molecular weight is 211 g/mol. The molecule has 0 aliphatic rings. The number of amides is 1. The number of ether oxygens (including phenoxy) is 1. The minimum absolute atomic E-state index is 0.134. The van der Waals surface area contributed by atoms with Crippen molar-refractivity contribution >= 4 is 11.9 Å². The molecular weight excluding hydrogens is 194 g/mol. The molecule has 4 nitrogen and oxygen atoms in total. The van der Waals surface area contributed by atoms with Gasteiger partial charge in [-0.25, -0.2) is 0 Å². The fourth-order valence-electron chi connectivity index (χ4n) is 0.955. The predicted molar refractivity (Wildman–Crippen MR) is 56.9 cm³/mol. The number of carbonyl (C=O) groups excluding carboxylic acids is 2. The van der Waals surface area contributed by atoms with Gasteiger partial charge in [0.15, 0.2) is 0 Å². The Morgan fingerprint density at radius 3 is 2.73 bits per heavy atom. The summed E-state index contributed by atoms with van der Waals surface area (Å²) in [6.45, 7) is 2.65. The second-order valence-electron chi connectivity index (χ2n) is 2.96. The zero-order valence-corrected chi connectivity index (χ0v) is 9.04. The van der Waals surface area contributed by atoms with E-state index < -0.39 is 0 Å². The van der Waals surface area contributed by atoms with Gasteiger partial charge in [0.2, 0.25) is 5.91 Å². The quantitative estimate of drug-likeness (QED) is 0.386. The molecular formula is C11H17NO3. The highest BCUT2D eigenvalue weighted by molar-refractivity contribution is 5.81. The van der Waals surface area contributed by atoms with E-state index in [1.54, 1.807) is 6.92 Å². The van der Waals surface area contributed by atoms with Crippen LogP contribution in [0.3, 0.4) is 0 Å². The van der Waals surface area contributed by atoms with Crippen molar-refractivity contribution in [3.8, 4) is 12.3 Å². The van der Waals surface area contributed by atoms with E-state index in [0.29, 0.717) is 19.6 Å². The molecule has 0 radical (unpaired) electrons. The molecule has 0 aromatic carbocycles. The van der Waals surface area contributed by atoms with E-state index >= 15 is 0 Å². The van der Waals surface area contributed by atoms with E-state index in [4.69, 9.17) is 6.42 Å². The highest BCUT2D eigenvalue weighted by Gasteiger charge is 2.06. The predicted octanol–water partition coefficient (Wildman–Crippen LogP) is 0.859. The first kappa shape index (κ1) is 13.5. The van der Waals surface area contributed by atoms with Crippen LogP contribution in [0, 0.1) is 12.3 Å². The van der Waals surface area contributed by atoms with Crippen molar-refractivity contribution in [1.29, 1.82) is 0 Å². The summed E-state index contributed by atoms with van der Waals surface area (Å²) < 4.78 is 4.69. The number of nitrogens with one attached hydrogen (secondary N) is 1. The lowest BCUT2D eigenvalue weighted by atomic mass is 10.3. The fourth-order valence-corrected chi connectivity index (χ4v) is 0.955. The molecule has 0 heterocycles. The first-order valence-corrected chi connectivity index (χ1v) is 5.06. The molecule has 0 saturated carbocycles. The molecule has 0 aliphatic heterocycles. The lowest BCUT2D eigenvalue weighted by Gasteiger charge is -2.03. The molecule has 0 aromatic rings. The Morgan fingerprint density at radius 2 is 2.13 bits per heavy atom. The Labute approximate surface area is 90.4 Å². The summed E-state index contributed by atoms with van der Waals surface area (Å²) in [5, 5.41) is 2.67.